The fourth-order valence-electron chi connectivity index (χ4n) is 3.60. The molecule has 0 radical (unpaired) electrons. The van der Waals surface area contributed by atoms with Gasteiger partial charge in [0.05, 0.1) is 11.4 Å². The highest BCUT2D eigenvalue weighted by Gasteiger charge is 2.30. The minimum atomic E-state index is -0.503. The Morgan fingerprint density at radius 2 is 1.96 bits per heavy atom. The molecular weight excluding hydrogens is 342 g/mol. The van der Waals surface area contributed by atoms with E-state index in [9.17, 15) is 9.59 Å². The lowest BCUT2D eigenvalue weighted by Gasteiger charge is -2.30. The van der Waals surface area contributed by atoms with Crippen molar-refractivity contribution in [2.24, 2.45) is 5.92 Å². The predicted octanol–water partition coefficient (Wildman–Crippen LogP) is 3.17. The van der Waals surface area contributed by atoms with E-state index in [1.807, 2.05) is 30.3 Å². The molecule has 142 valence electrons. The van der Waals surface area contributed by atoms with Gasteiger partial charge in [0.1, 0.15) is 0 Å². The summed E-state index contributed by atoms with van der Waals surface area (Å²) in [4.78, 5) is 26.9. The number of esters is 1. The second-order valence-electron chi connectivity index (χ2n) is 7.64. The number of piperidine rings is 1. The lowest BCUT2D eigenvalue weighted by molar-refractivity contribution is -0.136. The molecule has 1 aromatic heterocycles. The number of nitrogens with zero attached hydrogens (tertiary/aromatic N) is 3. The van der Waals surface area contributed by atoms with Gasteiger partial charge in [-0.1, -0.05) is 25.1 Å². The zero-order valence-corrected chi connectivity index (χ0v) is 15.6. The summed E-state index contributed by atoms with van der Waals surface area (Å²) >= 11 is 0. The van der Waals surface area contributed by atoms with Crippen LogP contribution in [0.15, 0.2) is 36.4 Å². The number of rotatable bonds is 5. The molecule has 0 bridgehead atoms. The number of amides is 1. The van der Waals surface area contributed by atoms with E-state index in [0.29, 0.717) is 17.5 Å². The van der Waals surface area contributed by atoms with Crippen molar-refractivity contribution in [2.75, 3.05) is 19.7 Å². The van der Waals surface area contributed by atoms with Gasteiger partial charge in [-0.05, 0) is 49.8 Å². The molecule has 2 heterocycles. The molecule has 0 spiro atoms. The highest BCUT2D eigenvalue weighted by atomic mass is 16.5. The summed E-state index contributed by atoms with van der Waals surface area (Å²) in [6, 6.07) is 11.3. The van der Waals surface area contributed by atoms with Crippen LogP contribution in [0.4, 0.5) is 0 Å². The zero-order chi connectivity index (χ0) is 18.8. The van der Waals surface area contributed by atoms with Crippen molar-refractivity contribution in [3.05, 3.63) is 47.8 Å². The first kappa shape index (κ1) is 17.8. The van der Waals surface area contributed by atoms with E-state index in [0.717, 1.165) is 50.2 Å². The molecule has 27 heavy (non-hydrogen) atoms. The molecule has 1 aliphatic heterocycles. The van der Waals surface area contributed by atoms with Crippen LogP contribution in [0.25, 0.3) is 5.69 Å². The maximum Gasteiger partial charge on any atom is 0.357 e. The number of hydrogen-bond acceptors (Lipinski definition) is 4. The molecule has 1 atom stereocenters. The number of hydrogen-bond donors (Lipinski definition) is 0. The van der Waals surface area contributed by atoms with Crippen LogP contribution in [-0.2, 0) is 9.53 Å². The second-order valence-corrected chi connectivity index (χ2v) is 7.64. The number of aromatic nitrogens is 2. The molecule has 6 heteroatoms. The monoisotopic (exact) mass is 367 g/mol. The summed E-state index contributed by atoms with van der Waals surface area (Å²) in [6.45, 7) is 3.41. The van der Waals surface area contributed by atoms with Crippen molar-refractivity contribution in [2.45, 2.75) is 38.5 Å². The van der Waals surface area contributed by atoms with E-state index in [2.05, 4.69) is 12.0 Å². The van der Waals surface area contributed by atoms with Gasteiger partial charge in [0, 0.05) is 19.0 Å². The maximum atomic E-state index is 12.7. The van der Waals surface area contributed by atoms with Crippen LogP contribution < -0.4 is 0 Å². The second kappa shape index (κ2) is 7.55. The Morgan fingerprint density at radius 3 is 2.67 bits per heavy atom. The highest BCUT2D eigenvalue weighted by molar-refractivity contribution is 5.90. The van der Waals surface area contributed by atoms with Crippen LogP contribution in [0, 0.1) is 5.92 Å². The molecule has 0 unspecified atom stereocenters. The van der Waals surface area contributed by atoms with Gasteiger partial charge in [0.15, 0.2) is 12.3 Å². The summed E-state index contributed by atoms with van der Waals surface area (Å²) in [6.07, 6.45) is 4.36. The molecule has 4 rings (SSSR count). The van der Waals surface area contributed by atoms with Crippen molar-refractivity contribution < 1.29 is 14.3 Å². The van der Waals surface area contributed by atoms with E-state index in [1.54, 1.807) is 15.6 Å². The van der Waals surface area contributed by atoms with Gasteiger partial charge in [0.25, 0.3) is 5.91 Å². The summed E-state index contributed by atoms with van der Waals surface area (Å²) in [5.74, 6) is 0.303. The number of ether oxygens (including phenoxy) is 1. The topological polar surface area (TPSA) is 64.4 Å². The van der Waals surface area contributed by atoms with Crippen molar-refractivity contribution in [1.82, 2.24) is 14.7 Å². The third-order valence-electron chi connectivity index (χ3n) is 5.27. The van der Waals surface area contributed by atoms with Crippen molar-refractivity contribution in [3.8, 4) is 5.69 Å². The first-order chi connectivity index (χ1) is 13.1. The Bertz CT molecular complexity index is 826. The van der Waals surface area contributed by atoms with E-state index in [-0.39, 0.29) is 12.5 Å². The van der Waals surface area contributed by atoms with Crippen LogP contribution in [0.1, 0.15) is 54.7 Å². The van der Waals surface area contributed by atoms with Gasteiger partial charge in [-0.3, -0.25) is 4.79 Å². The average molecular weight is 367 g/mol. The standard InChI is InChI=1S/C21H25N3O3/c1-15-6-5-11-23(13-15)20(25)14-27-21(26)19-12-18(16-9-10-16)22-24(19)17-7-3-2-4-8-17/h2-4,7-8,12,15-16H,5-6,9-11,13-14H2,1H3/t15-/m1/s1. The molecule has 1 amide bonds. The first-order valence-electron chi connectivity index (χ1n) is 9.72. The van der Waals surface area contributed by atoms with E-state index in [4.69, 9.17) is 4.74 Å². The molecule has 6 nitrogen and oxygen atoms in total. The van der Waals surface area contributed by atoms with Gasteiger partial charge in [-0.15, -0.1) is 0 Å². The molecule has 2 fully saturated rings. The fraction of sp³-hybridized carbons (Fsp3) is 0.476. The molecule has 1 saturated carbocycles. The molecule has 1 aliphatic carbocycles. The van der Waals surface area contributed by atoms with Crippen LogP contribution in [0.5, 0.6) is 0 Å². The largest absolute Gasteiger partial charge is 0.451 e. The van der Waals surface area contributed by atoms with Gasteiger partial charge in [0.2, 0.25) is 0 Å². The fourth-order valence-corrected chi connectivity index (χ4v) is 3.60. The predicted molar refractivity (Wildman–Crippen MR) is 101 cm³/mol. The molecule has 0 N–H and O–H groups in total. The van der Waals surface area contributed by atoms with Gasteiger partial charge in [-0.25, -0.2) is 9.48 Å². The van der Waals surface area contributed by atoms with Crippen LogP contribution >= 0.6 is 0 Å². The Labute approximate surface area is 159 Å². The summed E-state index contributed by atoms with van der Waals surface area (Å²) in [7, 11) is 0. The molecule has 1 saturated heterocycles. The third-order valence-corrected chi connectivity index (χ3v) is 5.27. The van der Waals surface area contributed by atoms with Crippen LogP contribution in [0.3, 0.4) is 0 Å². The summed E-state index contributed by atoms with van der Waals surface area (Å²) < 4.78 is 6.99. The lowest BCUT2D eigenvalue weighted by atomic mass is 10.0. The Balaban J connectivity index is 1.47. The smallest absolute Gasteiger partial charge is 0.357 e. The highest BCUT2D eigenvalue weighted by Crippen LogP contribution is 2.39. The summed E-state index contributed by atoms with van der Waals surface area (Å²) in [5.41, 5.74) is 2.11. The van der Waals surface area contributed by atoms with Crippen molar-refractivity contribution >= 4 is 11.9 Å². The Morgan fingerprint density at radius 1 is 1.19 bits per heavy atom. The van der Waals surface area contributed by atoms with Gasteiger partial charge < -0.3 is 9.64 Å². The molecule has 2 aromatic rings. The SMILES string of the molecule is C[C@@H]1CCCN(C(=O)COC(=O)c2cc(C3CC3)nn2-c2ccccc2)C1. The number of carbonyl (C=O) groups is 2. The third kappa shape index (κ3) is 4.04. The minimum absolute atomic E-state index is 0.122. The number of carbonyl (C=O) groups excluding carboxylic acids is 2. The zero-order valence-electron chi connectivity index (χ0n) is 15.6. The van der Waals surface area contributed by atoms with Crippen LogP contribution in [-0.4, -0.2) is 46.3 Å². The lowest BCUT2D eigenvalue weighted by Crippen LogP contribution is -2.41. The Hall–Kier alpha value is -2.63. The average Bonchev–Trinajstić information content (AvgIpc) is 3.45. The van der Waals surface area contributed by atoms with Crippen molar-refractivity contribution in [3.63, 3.8) is 0 Å². The quantitative estimate of drug-likeness (QED) is 0.762. The maximum absolute atomic E-state index is 12.7. The van der Waals surface area contributed by atoms with E-state index >= 15 is 0 Å². The minimum Gasteiger partial charge on any atom is -0.451 e. The Kier molecular flexibility index (Phi) is 4.97. The van der Waals surface area contributed by atoms with Gasteiger partial charge >= 0.3 is 5.97 Å². The van der Waals surface area contributed by atoms with E-state index < -0.39 is 5.97 Å². The van der Waals surface area contributed by atoms with Gasteiger partial charge in [-0.2, -0.15) is 5.10 Å². The van der Waals surface area contributed by atoms with Crippen LogP contribution in [0.2, 0.25) is 0 Å². The molecule has 1 aromatic carbocycles. The normalized spacial score (nSPS) is 19.7. The molecule has 2 aliphatic rings. The summed E-state index contributed by atoms with van der Waals surface area (Å²) in [5, 5.41) is 4.61. The van der Waals surface area contributed by atoms with Crippen molar-refractivity contribution in [1.29, 1.82) is 0 Å². The van der Waals surface area contributed by atoms with E-state index in [1.165, 1.54) is 0 Å². The number of para-hydroxylation sites is 1. The number of likely N-dealkylation sites (tertiary alicyclic amines) is 1. The first-order valence-corrected chi connectivity index (χ1v) is 9.72. The molecular formula is C21H25N3O3. The number of benzene rings is 1.